The summed E-state index contributed by atoms with van der Waals surface area (Å²) in [6.07, 6.45) is -1.90. The van der Waals surface area contributed by atoms with Crippen molar-refractivity contribution >= 4 is 44.4 Å². The van der Waals surface area contributed by atoms with Crippen LogP contribution in [0.1, 0.15) is 19.6 Å². The first-order valence-corrected chi connectivity index (χ1v) is 12.2. The molecular weight excluding hydrogens is 452 g/mol. The van der Waals surface area contributed by atoms with Crippen molar-refractivity contribution in [2.24, 2.45) is 0 Å². The summed E-state index contributed by atoms with van der Waals surface area (Å²) in [5, 5.41) is 0.418. The van der Waals surface area contributed by atoms with Crippen molar-refractivity contribution in [1.82, 2.24) is 19.5 Å². The molecule has 0 aromatic carbocycles. The smallest absolute Gasteiger partial charge is 0.382 e. The van der Waals surface area contributed by atoms with Gasteiger partial charge in [-0.05, 0) is 5.75 Å². The summed E-state index contributed by atoms with van der Waals surface area (Å²) in [7, 11) is -9.72. The number of hydrogen-bond acceptors (Lipinski definition) is 10. The van der Waals surface area contributed by atoms with Crippen molar-refractivity contribution in [3.8, 4) is 0 Å². The molecule has 0 spiro atoms. The third-order valence-corrected chi connectivity index (χ3v) is 5.63. The summed E-state index contributed by atoms with van der Waals surface area (Å²) < 4.78 is 38.5. The number of nitrogens with zero attached hydrogens (tertiary/aromatic N) is 4. The predicted octanol–water partition coefficient (Wildman–Crippen LogP) is 0.395. The number of rotatable bonds is 8. The highest BCUT2D eigenvalue weighted by atomic mass is 32.2. The monoisotopic (exact) mass is 471 g/mol. The number of ether oxygens (including phenoxy) is 1. The highest BCUT2D eigenvalue weighted by Crippen LogP contribution is 2.45. The number of imidazole rings is 1. The molecule has 3 rings (SSSR count). The van der Waals surface area contributed by atoms with E-state index in [1.807, 2.05) is 6.92 Å². The molecular formula is C12H19N5O9P2S. The molecule has 1 fully saturated rings. The van der Waals surface area contributed by atoms with Crippen LogP contribution in [0.4, 0.5) is 5.82 Å². The van der Waals surface area contributed by atoms with Gasteiger partial charge in [-0.2, -0.15) is 0 Å². The van der Waals surface area contributed by atoms with Crippen molar-refractivity contribution in [3.63, 3.8) is 0 Å². The molecule has 1 saturated heterocycles. The molecule has 1 aliphatic rings. The first-order chi connectivity index (χ1) is 13.5. The SMILES string of the molecule is CCSc1nc(N)c2ncn([C@H]3C[C@H](OP(=O)(O)O)[C@@H](COP(=O)(O)O)O3)c2n1. The van der Waals surface area contributed by atoms with E-state index in [1.165, 1.54) is 22.7 Å². The fourth-order valence-electron chi connectivity index (χ4n) is 2.80. The lowest BCUT2D eigenvalue weighted by atomic mass is 10.2. The van der Waals surface area contributed by atoms with Gasteiger partial charge in [0.2, 0.25) is 0 Å². The van der Waals surface area contributed by atoms with Gasteiger partial charge in [0.05, 0.1) is 12.9 Å². The summed E-state index contributed by atoms with van der Waals surface area (Å²) in [5.41, 5.74) is 6.57. The van der Waals surface area contributed by atoms with Crippen molar-refractivity contribution in [1.29, 1.82) is 0 Å². The van der Waals surface area contributed by atoms with Gasteiger partial charge in [-0.3, -0.25) is 13.6 Å². The van der Waals surface area contributed by atoms with Gasteiger partial charge in [0, 0.05) is 6.42 Å². The van der Waals surface area contributed by atoms with Crippen LogP contribution in [0.5, 0.6) is 0 Å². The van der Waals surface area contributed by atoms with E-state index in [0.29, 0.717) is 22.1 Å². The molecule has 0 amide bonds. The van der Waals surface area contributed by atoms with E-state index in [0.717, 1.165) is 0 Å². The number of thioether (sulfide) groups is 1. The maximum absolute atomic E-state index is 11.3. The summed E-state index contributed by atoms with van der Waals surface area (Å²) in [5.74, 6) is 0.867. The first kappa shape index (κ1) is 22.6. The van der Waals surface area contributed by atoms with Crippen LogP contribution in [-0.2, 0) is 22.9 Å². The van der Waals surface area contributed by atoms with E-state index in [2.05, 4.69) is 19.5 Å². The Labute approximate surface area is 168 Å². The van der Waals surface area contributed by atoms with Gasteiger partial charge in [-0.25, -0.2) is 24.1 Å². The Bertz CT molecular complexity index is 978. The summed E-state index contributed by atoms with van der Waals surface area (Å²) in [6, 6.07) is 0. The Morgan fingerprint density at radius 3 is 2.66 bits per heavy atom. The van der Waals surface area contributed by atoms with Crippen molar-refractivity contribution in [2.75, 3.05) is 18.1 Å². The molecule has 14 nitrogen and oxygen atoms in total. The third-order valence-electron chi connectivity index (χ3n) is 3.87. The van der Waals surface area contributed by atoms with Crippen molar-refractivity contribution < 1.29 is 42.5 Å². The zero-order valence-corrected chi connectivity index (χ0v) is 17.5. The maximum atomic E-state index is 11.3. The lowest BCUT2D eigenvalue weighted by molar-refractivity contribution is -0.0417. The average molecular weight is 471 g/mol. The summed E-state index contributed by atoms with van der Waals surface area (Å²) in [4.78, 5) is 48.7. The van der Waals surface area contributed by atoms with Gasteiger partial charge >= 0.3 is 15.6 Å². The number of phosphoric acid groups is 2. The van der Waals surface area contributed by atoms with Crippen LogP contribution in [-0.4, -0.2) is 63.7 Å². The van der Waals surface area contributed by atoms with Gasteiger partial charge in [-0.1, -0.05) is 18.7 Å². The second-order valence-corrected chi connectivity index (χ2v) is 9.60. The molecule has 3 atom stereocenters. The minimum absolute atomic E-state index is 0.0636. The van der Waals surface area contributed by atoms with Crippen LogP contribution in [0.15, 0.2) is 11.5 Å². The lowest BCUT2D eigenvalue weighted by Gasteiger charge is -2.19. The van der Waals surface area contributed by atoms with Crippen LogP contribution >= 0.6 is 27.4 Å². The van der Waals surface area contributed by atoms with Gasteiger partial charge in [0.25, 0.3) is 0 Å². The van der Waals surface area contributed by atoms with Crippen LogP contribution in [0.2, 0.25) is 0 Å². The van der Waals surface area contributed by atoms with E-state index in [9.17, 15) is 9.13 Å². The number of anilines is 1. The fourth-order valence-corrected chi connectivity index (χ4v) is 4.29. The number of hydrogen-bond donors (Lipinski definition) is 5. The molecule has 6 N–H and O–H groups in total. The van der Waals surface area contributed by atoms with Crippen molar-refractivity contribution in [3.05, 3.63) is 6.33 Å². The molecule has 0 saturated carbocycles. The normalized spacial score (nSPS) is 23.1. The molecule has 2 aromatic rings. The molecule has 0 radical (unpaired) electrons. The average Bonchev–Trinajstić information content (AvgIpc) is 3.15. The molecule has 29 heavy (non-hydrogen) atoms. The Kier molecular flexibility index (Phi) is 6.65. The highest BCUT2D eigenvalue weighted by Gasteiger charge is 2.42. The summed E-state index contributed by atoms with van der Waals surface area (Å²) >= 11 is 1.36. The molecule has 0 aliphatic carbocycles. The number of nitrogens with two attached hydrogens (primary N) is 1. The predicted molar refractivity (Wildman–Crippen MR) is 99.6 cm³/mol. The second-order valence-electron chi connectivity index (χ2n) is 5.93. The highest BCUT2D eigenvalue weighted by molar-refractivity contribution is 7.99. The van der Waals surface area contributed by atoms with E-state index >= 15 is 0 Å². The topological polar surface area (TPSA) is 212 Å². The largest absolute Gasteiger partial charge is 0.469 e. The summed E-state index contributed by atoms with van der Waals surface area (Å²) in [6.45, 7) is 1.27. The van der Waals surface area contributed by atoms with Crippen LogP contribution < -0.4 is 5.73 Å². The molecule has 17 heteroatoms. The van der Waals surface area contributed by atoms with E-state index in [4.69, 9.17) is 34.6 Å². The molecule has 0 bridgehead atoms. The Morgan fingerprint density at radius 2 is 2.03 bits per heavy atom. The molecule has 3 heterocycles. The quantitative estimate of drug-likeness (QED) is 0.200. The van der Waals surface area contributed by atoms with Gasteiger partial charge in [0.15, 0.2) is 16.6 Å². The molecule has 0 unspecified atom stereocenters. The van der Waals surface area contributed by atoms with Gasteiger partial charge < -0.3 is 30.0 Å². The zero-order valence-electron chi connectivity index (χ0n) is 14.9. The van der Waals surface area contributed by atoms with E-state index in [1.54, 1.807) is 0 Å². The first-order valence-electron chi connectivity index (χ1n) is 8.19. The number of aromatic nitrogens is 4. The molecule has 2 aromatic heterocycles. The minimum Gasteiger partial charge on any atom is -0.382 e. The fraction of sp³-hybridized carbons (Fsp3) is 0.583. The Hall–Kier alpha value is -1.12. The molecule has 162 valence electrons. The van der Waals surface area contributed by atoms with Crippen molar-refractivity contribution in [2.45, 2.75) is 36.9 Å². The second kappa shape index (κ2) is 8.55. The third kappa shape index (κ3) is 5.73. The standard InChI is InChI=1S/C12H19N5O9P2S/c1-2-29-12-15-10(13)9-11(16-12)17(5-14-9)8-3-6(26-28(21,22)23)7(25-8)4-24-27(18,19)20/h5-8H,2-4H2,1H3,(H2,13,15,16)(H2,18,19,20)(H2,21,22,23)/t6-,7+,8+/m0/s1. The lowest BCUT2D eigenvalue weighted by Crippen LogP contribution is -2.28. The van der Waals surface area contributed by atoms with Gasteiger partial charge in [-0.15, -0.1) is 0 Å². The van der Waals surface area contributed by atoms with Crippen LogP contribution in [0.3, 0.4) is 0 Å². The van der Waals surface area contributed by atoms with Crippen LogP contribution in [0, 0.1) is 0 Å². The van der Waals surface area contributed by atoms with Gasteiger partial charge in [0.1, 0.15) is 24.0 Å². The number of phosphoric ester groups is 2. The Balaban J connectivity index is 1.90. The maximum Gasteiger partial charge on any atom is 0.469 e. The van der Waals surface area contributed by atoms with E-state index in [-0.39, 0.29) is 12.2 Å². The number of fused-ring (bicyclic) bond motifs is 1. The minimum atomic E-state index is -4.90. The molecule has 1 aliphatic heterocycles. The van der Waals surface area contributed by atoms with Crippen LogP contribution in [0.25, 0.3) is 11.2 Å². The Morgan fingerprint density at radius 1 is 1.31 bits per heavy atom. The zero-order chi connectivity index (χ0) is 21.4. The van der Waals surface area contributed by atoms with E-state index < -0.39 is 40.7 Å². The number of nitrogen functional groups attached to an aromatic ring is 1.